The van der Waals surface area contributed by atoms with Gasteiger partial charge in [-0.1, -0.05) is 12.1 Å². The molecule has 1 amide bonds. The molecule has 0 aliphatic carbocycles. The third kappa shape index (κ3) is 4.56. The molecule has 0 atom stereocenters. The van der Waals surface area contributed by atoms with Crippen molar-refractivity contribution in [2.24, 2.45) is 0 Å². The highest BCUT2D eigenvalue weighted by Crippen LogP contribution is 2.12. The van der Waals surface area contributed by atoms with Crippen molar-refractivity contribution in [3.05, 3.63) is 29.8 Å². The molecule has 4 heteroatoms. The molecule has 1 rings (SSSR count). The zero-order valence-electron chi connectivity index (χ0n) is 10.1. The monoisotopic (exact) mass is 232 g/mol. The first-order valence-electron chi connectivity index (χ1n) is 5.42. The fraction of sp³-hybridized carbons (Fsp3) is 0.385. The number of carbonyl (C=O) groups excluding carboxylic acids is 1. The van der Waals surface area contributed by atoms with Gasteiger partial charge in [0.15, 0.2) is 0 Å². The van der Waals surface area contributed by atoms with Gasteiger partial charge in [-0.3, -0.25) is 4.79 Å². The van der Waals surface area contributed by atoms with Crippen molar-refractivity contribution in [1.82, 2.24) is 4.90 Å². The second-order valence-electron chi connectivity index (χ2n) is 3.87. The minimum absolute atomic E-state index is 0.0473. The number of benzene rings is 1. The molecule has 0 aliphatic rings. The van der Waals surface area contributed by atoms with E-state index in [-0.39, 0.29) is 5.91 Å². The molecule has 0 saturated carbocycles. The maximum Gasteiger partial charge on any atom is 0.225 e. The fourth-order valence-electron chi connectivity index (χ4n) is 1.27. The quantitative estimate of drug-likeness (QED) is 0.775. The molecular weight excluding hydrogens is 216 g/mol. The van der Waals surface area contributed by atoms with Gasteiger partial charge in [0, 0.05) is 14.1 Å². The first kappa shape index (κ1) is 13.0. The van der Waals surface area contributed by atoms with E-state index in [9.17, 15) is 4.79 Å². The lowest BCUT2D eigenvalue weighted by atomic mass is 10.2. The first-order chi connectivity index (χ1) is 8.13. The van der Waals surface area contributed by atoms with Gasteiger partial charge in [-0.2, -0.15) is 5.26 Å². The summed E-state index contributed by atoms with van der Waals surface area (Å²) in [5.41, 5.74) is 0.962. The predicted octanol–water partition coefficient (Wildman–Crippen LogP) is 1.61. The Kier molecular flexibility index (Phi) is 5.02. The Bertz CT molecular complexity index is 404. The van der Waals surface area contributed by atoms with Crippen molar-refractivity contribution in [3.63, 3.8) is 0 Å². The number of amides is 1. The topological polar surface area (TPSA) is 53.3 Å². The number of nitrogens with zero attached hydrogens (tertiary/aromatic N) is 2. The summed E-state index contributed by atoms with van der Waals surface area (Å²) in [4.78, 5) is 12.8. The van der Waals surface area contributed by atoms with Crippen LogP contribution >= 0.6 is 0 Å². The molecule has 0 saturated heterocycles. The lowest BCUT2D eigenvalue weighted by Gasteiger charge is -2.10. The molecule has 17 heavy (non-hydrogen) atoms. The van der Waals surface area contributed by atoms with Crippen LogP contribution in [0.1, 0.15) is 12.0 Å². The maximum atomic E-state index is 11.3. The van der Waals surface area contributed by atoms with Crippen molar-refractivity contribution in [2.45, 2.75) is 12.8 Å². The largest absolute Gasteiger partial charge is 0.493 e. The highest BCUT2D eigenvalue weighted by molar-refractivity contribution is 5.75. The summed E-state index contributed by atoms with van der Waals surface area (Å²) >= 11 is 0. The molecule has 0 aromatic heterocycles. The lowest BCUT2D eigenvalue weighted by molar-refractivity contribution is -0.129. The Hall–Kier alpha value is -2.02. The standard InChI is InChI=1S/C13H16N2O2/c1-15(2)13(16)8-10-17-12-5-3-11(4-6-12)7-9-14/h3-6H,7-8,10H2,1-2H3. The van der Waals surface area contributed by atoms with Crippen LogP contribution in [0.25, 0.3) is 0 Å². The molecule has 0 heterocycles. The van der Waals surface area contributed by atoms with Gasteiger partial charge in [0.2, 0.25) is 5.91 Å². The zero-order valence-corrected chi connectivity index (χ0v) is 10.1. The molecule has 0 spiro atoms. The molecule has 0 radical (unpaired) electrons. The van der Waals surface area contributed by atoms with Gasteiger partial charge in [-0.05, 0) is 17.7 Å². The highest BCUT2D eigenvalue weighted by Gasteiger charge is 2.03. The lowest BCUT2D eigenvalue weighted by Crippen LogP contribution is -2.23. The van der Waals surface area contributed by atoms with Crippen molar-refractivity contribution >= 4 is 5.91 Å². The van der Waals surface area contributed by atoms with E-state index in [1.54, 1.807) is 19.0 Å². The number of rotatable bonds is 5. The zero-order chi connectivity index (χ0) is 12.7. The van der Waals surface area contributed by atoms with Crippen LogP contribution in [0.5, 0.6) is 5.75 Å². The molecule has 0 bridgehead atoms. The van der Waals surface area contributed by atoms with Crippen molar-refractivity contribution in [2.75, 3.05) is 20.7 Å². The van der Waals surface area contributed by atoms with Gasteiger partial charge in [-0.15, -0.1) is 0 Å². The molecule has 0 fully saturated rings. The smallest absolute Gasteiger partial charge is 0.225 e. The van der Waals surface area contributed by atoms with E-state index in [2.05, 4.69) is 6.07 Å². The predicted molar refractivity (Wildman–Crippen MR) is 64.6 cm³/mol. The fourth-order valence-corrected chi connectivity index (χ4v) is 1.27. The second-order valence-corrected chi connectivity index (χ2v) is 3.87. The van der Waals surface area contributed by atoms with Crippen LogP contribution in [0.3, 0.4) is 0 Å². The number of ether oxygens (including phenoxy) is 1. The van der Waals surface area contributed by atoms with Crippen LogP contribution < -0.4 is 4.74 Å². The first-order valence-corrected chi connectivity index (χ1v) is 5.42. The normalized spacial score (nSPS) is 9.47. The van der Waals surface area contributed by atoms with Crippen LogP contribution in [0, 0.1) is 11.3 Å². The Morgan fingerprint density at radius 2 is 2.00 bits per heavy atom. The Labute approximate surface area is 101 Å². The average molecular weight is 232 g/mol. The van der Waals surface area contributed by atoms with Gasteiger partial charge in [-0.25, -0.2) is 0 Å². The Morgan fingerprint density at radius 3 is 2.53 bits per heavy atom. The second kappa shape index (κ2) is 6.54. The third-order valence-electron chi connectivity index (χ3n) is 2.29. The van der Waals surface area contributed by atoms with E-state index in [1.165, 1.54) is 0 Å². The number of hydrogen-bond donors (Lipinski definition) is 0. The van der Waals surface area contributed by atoms with Crippen LogP contribution in [-0.4, -0.2) is 31.5 Å². The van der Waals surface area contributed by atoms with Gasteiger partial charge in [0.05, 0.1) is 25.5 Å². The minimum atomic E-state index is 0.0473. The van der Waals surface area contributed by atoms with Gasteiger partial charge in [0.25, 0.3) is 0 Å². The Morgan fingerprint density at radius 1 is 1.35 bits per heavy atom. The van der Waals surface area contributed by atoms with Crippen molar-refractivity contribution in [3.8, 4) is 11.8 Å². The van der Waals surface area contributed by atoms with Gasteiger partial charge >= 0.3 is 0 Å². The summed E-state index contributed by atoms with van der Waals surface area (Å²) < 4.78 is 5.43. The Balaban J connectivity index is 2.38. The highest BCUT2D eigenvalue weighted by atomic mass is 16.5. The summed E-state index contributed by atoms with van der Waals surface area (Å²) in [5.74, 6) is 0.768. The summed E-state index contributed by atoms with van der Waals surface area (Å²) in [6, 6.07) is 9.41. The SMILES string of the molecule is CN(C)C(=O)CCOc1ccc(CC#N)cc1. The molecule has 1 aromatic rings. The minimum Gasteiger partial charge on any atom is -0.493 e. The van der Waals surface area contributed by atoms with E-state index < -0.39 is 0 Å². The summed E-state index contributed by atoms with van der Waals surface area (Å²) in [6.45, 7) is 0.370. The van der Waals surface area contributed by atoms with Gasteiger partial charge < -0.3 is 9.64 Å². The molecular formula is C13H16N2O2. The van der Waals surface area contributed by atoms with Crippen molar-refractivity contribution in [1.29, 1.82) is 5.26 Å². The molecule has 0 aliphatic heterocycles. The van der Waals surface area contributed by atoms with E-state index in [1.807, 2.05) is 24.3 Å². The molecule has 0 unspecified atom stereocenters. The van der Waals surface area contributed by atoms with Crippen LogP contribution in [0.2, 0.25) is 0 Å². The van der Waals surface area contributed by atoms with Crippen LogP contribution in [-0.2, 0) is 11.2 Å². The molecule has 1 aromatic carbocycles. The van der Waals surface area contributed by atoms with E-state index >= 15 is 0 Å². The molecule has 0 N–H and O–H groups in total. The van der Waals surface area contributed by atoms with Crippen LogP contribution in [0.4, 0.5) is 0 Å². The third-order valence-corrected chi connectivity index (χ3v) is 2.29. The summed E-state index contributed by atoms with van der Waals surface area (Å²) in [7, 11) is 3.44. The maximum absolute atomic E-state index is 11.3. The van der Waals surface area contributed by atoms with E-state index in [0.717, 1.165) is 11.3 Å². The van der Waals surface area contributed by atoms with E-state index in [4.69, 9.17) is 10.00 Å². The number of nitriles is 1. The number of carbonyl (C=O) groups is 1. The molecule has 4 nitrogen and oxygen atoms in total. The number of hydrogen-bond acceptors (Lipinski definition) is 3. The van der Waals surface area contributed by atoms with E-state index in [0.29, 0.717) is 19.4 Å². The molecule has 90 valence electrons. The average Bonchev–Trinajstić information content (AvgIpc) is 2.31. The summed E-state index contributed by atoms with van der Waals surface area (Å²) in [5, 5.41) is 8.52. The van der Waals surface area contributed by atoms with Gasteiger partial charge in [0.1, 0.15) is 5.75 Å². The summed E-state index contributed by atoms with van der Waals surface area (Å²) in [6.07, 6.45) is 0.770. The van der Waals surface area contributed by atoms with Crippen LogP contribution in [0.15, 0.2) is 24.3 Å². The van der Waals surface area contributed by atoms with Crippen molar-refractivity contribution < 1.29 is 9.53 Å².